The molecule has 0 N–H and O–H groups in total. The van der Waals surface area contributed by atoms with E-state index in [0.717, 1.165) is 12.1 Å². The number of esters is 1. The predicted molar refractivity (Wildman–Crippen MR) is 79.7 cm³/mol. The molecule has 1 atom stereocenters. The summed E-state index contributed by atoms with van der Waals surface area (Å²) in [4.78, 5) is 23.3. The van der Waals surface area contributed by atoms with Crippen molar-refractivity contribution in [2.45, 2.75) is 38.4 Å². The molecule has 0 aliphatic carbocycles. The van der Waals surface area contributed by atoms with Crippen molar-refractivity contribution in [3.05, 3.63) is 33.9 Å². The summed E-state index contributed by atoms with van der Waals surface area (Å²) in [5, 5.41) is 10.8. The van der Waals surface area contributed by atoms with E-state index in [1.165, 1.54) is 4.90 Å². The molecule has 1 saturated heterocycles. The topological polar surface area (TPSA) is 72.7 Å². The lowest BCUT2D eigenvalue weighted by atomic mass is 9.99. The van der Waals surface area contributed by atoms with E-state index in [4.69, 9.17) is 4.74 Å². The van der Waals surface area contributed by atoms with Crippen LogP contribution in [0.25, 0.3) is 0 Å². The van der Waals surface area contributed by atoms with Gasteiger partial charge in [-0.1, -0.05) is 0 Å². The van der Waals surface area contributed by atoms with E-state index in [1.54, 1.807) is 6.92 Å². The van der Waals surface area contributed by atoms with Crippen molar-refractivity contribution in [2.24, 2.45) is 0 Å². The van der Waals surface area contributed by atoms with E-state index in [1.807, 2.05) is 0 Å². The van der Waals surface area contributed by atoms with Crippen molar-refractivity contribution in [3.63, 3.8) is 0 Å². The Balaban J connectivity index is 2.48. The van der Waals surface area contributed by atoms with E-state index in [9.17, 15) is 28.1 Å². The molecule has 1 fully saturated rings. The van der Waals surface area contributed by atoms with Crippen LogP contribution in [0.5, 0.6) is 0 Å². The number of alkyl halides is 3. The van der Waals surface area contributed by atoms with Gasteiger partial charge in [-0.2, -0.15) is 13.2 Å². The second kappa shape index (κ2) is 7.06. The van der Waals surface area contributed by atoms with Gasteiger partial charge in [0.1, 0.15) is 6.04 Å². The smallest absolute Gasteiger partial charge is 0.418 e. The van der Waals surface area contributed by atoms with Crippen LogP contribution < -0.4 is 4.90 Å². The highest BCUT2D eigenvalue weighted by Gasteiger charge is 2.39. The molecule has 1 aliphatic heterocycles. The molecular weight excluding hydrogens is 329 g/mol. The third-order valence-electron chi connectivity index (χ3n) is 3.87. The maximum Gasteiger partial charge on any atom is 0.418 e. The zero-order valence-corrected chi connectivity index (χ0v) is 13.0. The Bertz CT molecular complexity index is 634. The highest BCUT2D eigenvalue weighted by molar-refractivity contribution is 5.81. The summed E-state index contributed by atoms with van der Waals surface area (Å²) in [6, 6.07) is 1.76. The fourth-order valence-corrected chi connectivity index (χ4v) is 2.82. The van der Waals surface area contributed by atoms with Gasteiger partial charge in [-0.15, -0.1) is 0 Å². The maximum absolute atomic E-state index is 13.4. The number of benzene rings is 1. The van der Waals surface area contributed by atoms with Gasteiger partial charge in [0, 0.05) is 18.7 Å². The van der Waals surface area contributed by atoms with Gasteiger partial charge in [0.2, 0.25) is 0 Å². The number of non-ortho nitro benzene ring substituents is 1. The van der Waals surface area contributed by atoms with Crippen molar-refractivity contribution in [1.82, 2.24) is 0 Å². The Morgan fingerprint density at radius 2 is 2.12 bits per heavy atom. The predicted octanol–water partition coefficient (Wildman–Crippen LogP) is 3.54. The number of nitro groups is 1. The molecule has 9 heteroatoms. The summed E-state index contributed by atoms with van der Waals surface area (Å²) in [7, 11) is 0. The lowest BCUT2D eigenvalue weighted by Gasteiger charge is -2.37. The number of rotatable bonds is 4. The third kappa shape index (κ3) is 3.77. The van der Waals surface area contributed by atoms with Crippen molar-refractivity contribution >= 4 is 17.3 Å². The molecule has 0 aromatic heterocycles. The first kappa shape index (κ1) is 18.0. The number of carbonyl (C=O) groups is 1. The van der Waals surface area contributed by atoms with Gasteiger partial charge in [-0.05, 0) is 32.3 Å². The fourth-order valence-electron chi connectivity index (χ4n) is 2.82. The minimum atomic E-state index is -4.77. The zero-order valence-electron chi connectivity index (χ0n) is 13.0. The van der Waals surface area contributed by atoms with Crippen molar-refractivity contribution in [2.75, 3.05) is 18.1 Å². The molecule has 1 unspecified atom stereocenters. The summed E-state index contributed by atoms with van der Waals surface area (Å²) in [5.41, 5.74) is -1.99. The van der Waals surface area contributed by atoms with Gasteiger partial charge >= 0.3 is 12.1 Å². The van der Waals surface area contributed by atoms with Crippen LogP contribution >= 0.6 is 0 Å². The molecule has 1 aliphatic rings. The molecule has 0 saturated carbocycles. The molecule has 1 aromatic carbocycles. The molecule has 2 rings (SSSR count). The highest BCUT2D eigenvalue weighted by atomic mass is 19.4. The molecule has 24 heavy (non-hydrogen) atoms. The Labute approximate surface area is 136 Å². The number of ether oxygens (including phenoxy) is 1. The van der Waals surface area contributed by atoms with Gasteiger partial charge in [-0.3, -0.25) is 10.1 Å². The quantitative estimate of drug-likeness (QED) is 0.474. The van der Waals surface area contributed by atoms with E-state index in [2.05, 4.69) is 0 Å². The number of hydrogen-bond acceptors (Lipinski definition) is 5. The van der Waals surface area contributed by atoms with Crippen LogP contribution in [-0.4, -0.2) is 30.1 Å². The first-order chi connectivity index (χ1) is 11.3. The van der Waals surface area contributed by atoms with E-state index >= 15 is 0 Å². The monoisotopic (exact) mass is 346 g/mol. The fraction of sp³-hybridized carbons (Fsp3) is 0.533. The number of piperidine rings is 1. The number of anilines is 1. The summed E-state index contributed by atoms with van der Waals surface area (Å²) < 4.78 is 45.0. The zero-order chi connectivity index (χ0) is 17.9. The number of hydrogen-bond donors (Lipinski definition) is 0. The van der Waals surface area contributed by atoms with Crippen LogP contribution in [0.1, 0.15) is 31.7 Å². The average Bonchev–Trinajstić information content (AvgIpc) is 2.53. The standard InChI is InChI=1S/C15H17F3N2O4/c1-2-24-14(21)13-5-3-4-8-19(13)12-7-6-10(20(22)23)9-11(12)15(16,17)18/h6-7,9,13H,2-5,8H2,1H3. The number of carbonyl (C=O) groups excluding carboxylic acids is 1. The minimum Gasteiger partial charge on any atom is -0.464 e. The van der Waals surface area contributed by atoms with E-state index in [0.29, 0.717) is 25.3 Å². The Hall–Kier alpha value is -2.32. The van der Waals surface area contributed by atoms with Crippen molar-refractivity contribution in [3.8, 4) is 0 Å². The number of nitro benzene ring substituents is 1. The maximum atomic E-state index is 13.4. The lowest BCUT2D eigenvalue weighted by Crippen LogP contribution is -2.46. The summed E-state index contributed by atoms with van der Waals surface area (Å²) in [6.45, 7) is 2.01. The van der Waals surface area contributed by atoms with Crippen LogP contribution in [-0.2, 0) is 15.7 Å². The van der Waals surface area contributed by atoms with Crippen LogP contribution in [0, 0.1) is 10.1 Å². The van der Waals surface area contributed by atoms with Crippen LogP contribution in [0.3, 0.4) is 0 Å². The summed E-state index contributed by atoms with van der Waals surface area (Å²) >= 11 is 0. The highest BCUT2D eigenvalue weighted by Crippen LogP contribution is 2.40. The molecule has 0 bridgehead atoms. The van der Waals surface area contributed by atoms with E-state index < -0.39 is 34.4 Å². The summed E-state index contributed by atoms with van der Waals surface area (Å²) in [6.07, 6.45) is -3.05. The second-order valence-electron chi connectivity index (χ2n) is 5.41. The first-order valence-corrected chi connectivity index (χ1v) is 7.54. The lowest BCUT2D eigenvalue weighted by molar-refractivity contribution is -0.385. The molecule has 1 heterocycles. The van der Waals surface area contributed by atoms with Gasteiger partial charge in [0.15, 0.2) is 0 Å². The Kier molecular flexibility index (Phi) is 5.30. The molecule has 0 amide bonds. The van der Waals surface area contributed by atoms with Crippen molar-refractivity contribution < 1.29 is 27.6 Å². The minimum absolute atomic E-state index is 0.134. The Morgan fingerprint density at radius 3 is 2.71 bits per heavy atom. The molecule has 132 valence electrons. The second-order valence-corrected chi connectivity index (χ2v) is 5.41. The average molecular weight is 346 g/mol. The van der Waals surface area contributed by atoms with Gasteiger partial charge in [-0.25, -0.2) is 4.79 Å². The SMILES string of the molecule is CCOC(=O)C1CCCCN1c1ccc([N+](=O)[O-])cc1C(F)(F)F. The Morgan fingerprint density at radius 1 is 1.42 bits per heavy atom. The summed E-state index contributed by atoms with van der Waals surface area (Å²) in [5.74, 6) is -0.580. The molecule has 0 radical (unpaired) electrons. The van der Waals surface area contributed by atoms with Crippen LogP contribution in [0.2, 0.25) is 0 Å². The molecule has 1 aromatic rings. The van der Waals surface area contributed by atoms with Gasteiger partial charge in [0.25, 0.3) is 5.69 Å². The largest absolute Gasteiger partial charge is 0.464 e. The van der Waals surface area contributed by atoms with Gasteiger partial charge in [0.05, 0.1) is 22.8 Å². The normalized spacial score (nSPS) is 18.3. The number of nitrogens with zero attached hydrogens (tertiary/aromatic N) is 2. The van der Waals surface area contributed by atoms with Gasteiger partial charge < -0.3 is 9.64 Å². The number of halogens is 3. The van der Waals surface area contributed by atoms with Crippen molar-refractivity contribution in [1.29, 1.82) is 0 Å². The van der Waals surface area contributed by atoms with E-state index in [-0.39, 0.29) is 18.8 Å². The molecular formula is C15H17F3N2O4. The molecule has 0 spiro atoms. The van der Waals surface area contributed by atoms with Crippen LogP contribution in [0.15, 0.2) is 18.2 Å². The third-order valence-corrected chi connectivity index (χ3v) is 3.87. The van der Waals surface area contributed by atoms with Crippen LogP contribution in [0.4, 0.5) is 24.5 Å². The molecule has 6 nitrogen and oxygen atoms in total. The first-order valence-electron chi connectivity index (χ1n) is 7.54.